The molecule has 0 saturated heterocycles. The normalized spacial score (nSPS) is 20.2. The van der Waals surface area contributed by atoms with Crippen LogP contribution in [0.3, 0.4) is 0 Å². The Morgan fingerprint density at radius 3 is 3.00 bits per heavy atom. The van der Waals surface area contributed by atoms with Crippen LogP contribution in [-0.4, -0.2) is 19.6 Å². The average molecular weight is 300 g/mol. The molecule has 104 valence electrons. The number of thiophene rings is 1. The third kappa shape index (κ3) is 4.06. The molecule has 3 nitrogen and oxygen atoms in total. The molecule has 0 bridgehead atoms. The molecule has 0 radical (unpaired) electrons. The quantitative estimate of drug-likeness (QED) is 0.844. The molecule has 5 heteroatoms. The highest BCUT2D eigenvalue weighted by Crippen LogP contribution is 2.28. The van der Waals surface area contributed by atoms with E-state index in [4.69, 9.17) is 16.3 Å². The fraction of sp³-hybridized carbons (Fsp3) is 0.500. The molecule has 19 heavy (non-hydrogen) atoms. The molecule has 1 aliphatic rings. The van der Waals surface area contributed by atoms with Crippen molar-refractivity contribution in [3.63, 3.8) is 0 Å². The van der Waals surface area contributed by atoms with Crippen LogP contribution in [-0.2, 0) is 9.53 Å². The van der Waals surface area contributed by atoms with Crippen molar-refractivity contribution in [2.45, 2.75) is 25.4 Å². The van der Waals surface area contributed by atoms with Crippen LogP contribution in [0.15, 0.2) is 24.3 Å². The first-order valence-corrected chi connectivity index (χ1v) is 7.61. The van der Waals surface area contributed by atoms with Gasteiger partial charge in [-0.3, -0.25) is 4.79 Å². The molecular formula is C14H18ClNO2S. The van der Waals surface area contributed by atoms with Crippen LogP contribution in [0.1, 0.15) is 30.2 Å². The minimum Gasteiger partial charge on any atom is -0.374 e. The minimum absolute atomic E-state index is 0.106. The third-order valence-corrected chi connectivity index (χ3v) is 4.62. The van der Waals surface area contributed by atoms with Gasteiger partial charge in [-0.15, -0.1) is 11.3 Å². The Hall–Kier alpha value is -0.840. The Balaban J connectivity index is 1.86. The summed E-state index contributed by atoms with van der Waals surface area (Å²) in [4.78, 5) is 13.1. The molecule has 2 unspecified atom stereocenters. The Morgan fingerprint density at radius 1 is 1.58 bits per heavy atom. The predicted octanol–water partition coefficient (Wildman–Crippen LogP) is 3.56. The molecule has 1 aliphatic carbocycles. The molecule has 2 rings (SSSR count). The summed E-state index contributed by atoms with van der Waals surface area (Å²) in [5, 5.41) is 2.98. The summed E-state index contributed by atoms with van der Waals surface area (Å²) in [6.07, 6.45) is 6.86. The molecule has 1 amide bonds. The van der Waals surface area contributed by atoms with E-state index in [1.165, 1.54) is 11.3 Å². The molecule has 1 N–H and O–H groups in total. The van der Waals surface area contributed by atoms with E-state index < -0.39 is 0 Å². The maximum Gasteiger partial charge on any atom is 0.223 e. The monoisotopic (exact) mass is 299 g/mol. The fourth-order valence-electron chi connectivity index (χ4n) is 2.17. The standard InChI is InChI=1S/C14H18ClNO2S/c1-18-11(12-7-8-13(15)19-12)9-16-14(17)10-5-3-2-4-6-10/h2-3,7-8,10-11H,4-6,9H2,1H3,(H,16,17). The Labute approximate surface area is 122 Å². The van der Waals surface area contributed by atoms with Gasteiger partial charge < -0.3 is 10.1 Å². The number of amides is 1. The van der Waals surface area contributed by atoms with Crippen LogP contribution in [0.2, 0.25) is 4.34 Å². The SMILES string of the molecule is COC(CNC(=O)C1CC=CCC1)c1ccc(Cl)s1. The van der Waals surface area contributed by atoms with E-state index >= 15 is 0 Å². The van der Waals surface area contributed by atoms with Crippen LogP contribution in [0.5, 0.6) is 0 Å². The Kier molecular flexibility index (Phi) is 5.43. The summed E-state index contributed by atoms with van der Waals surface area (Å²) in [6.45, 7) is 0.492. The first kappa shape index (κ1) is 14.6. The summed E-state index contributed by atoms with van der Waals surface area (Å²) in [5.41, 5.74) is 0. The van der Waals surface area contributed by atoms with Crippen LogP contribution < -0.4 is 5.32 Å². The molecule has 0 saturated carbocycles. The maximum atomic E-state index is 12.0. The van der Waals surface area contributed by atoms with Gasteiger partial charge in [0.25, 0.3) is 0 Å². The van der Waals surface area contributed by atoms with Gasteiger partial charge in [0.1, 0.15) is 6.10 Å². The van der Waals surface area contributed by atoms with Gasteiger partial charge in [0.15, 0.2) is 0 Å². The molecule has 0 aromatic carbocycles. The van der Waals surface area contributed by atoms with E-state index in [1.807, 2.05) is 12.1 Å². The predicted molar refractivity (Wildman–Crippen MR) is 78.6 cm³/mol. The van der Waals surface area contributed by atoms with Crippen molar-refractivity contribution in [3.8, 4) is 0 Å². The molecular weight excluding hydrogens is 282 g/mol. The number of methoxy groups -OCH3 is 1. The highest BCUT2D eigenvalue weighted by Gasteiger charge is 2.20. The zero-order valence-corrected chi connectivity index (χ0v) is 12.5. The minimum atomic E-state index is -0.124. The number of carbonyl (C=O) groups excluding carboxylic acids is 1. The lowest BCUT2D eigenvalue weighted by Crippen LogP contribution is -2.34. The zero-order chi connectivity index (χ0) is 13.7. The van der Waals surface area contributed by atoms with E-state index in [0.717, 1.165) is 28.5 Å². The Morgan fingerprint density at radius 2 is 2.42 bits per heavy atom. The highest BCUT2D eigenvalue weighted by atomic mass is 35.5. The second kappa shape index (κ2) is 7.08. The molecule has 2 atom stereocenters. The fourth-order valence-corrected chi connectivity index (χ4v) is 3.31. The van der Waals surface area contributed by atoms with Crippen molar-refractivity contribution in [2.24, 2.45) is 5.92 Å². The topological polar surface area (TPSA) is 38.3 Å². The summed E-state index contributed by atoms with van der Waals surface area (Å²) in [6, 6.07) is 3.79. The van der Waals surface area contributed by atoms with Crippen molar-refractivity contribution in [3.05, 3.63) is 33.5 Å². The summed E-state index contributed by atoms with van der Waals surface area (Å²) < 4.78 is 6.15. The second-order valence-electron chi connectivity index (χ2n) is 4.59. The summed E-state index contributed by atoms with van der Waals surface area (Å²) >= 11 is 7.40. The molecule has 0 spiro atoms. The first-order chi connectivity index (χ1) is 9.20. The lowest BCUT2D eigenvalue weighted by atomic mass is 9.93. The van der Waals surface area contributed by atoms with E-state index in [-0.39, 0.29) is 17.9 Å². The van der Waals surface area contributed by atoms with Crippen LogP contribution >= 0.6 is 22.9 Å². The van der Waals surface area contributed by atoms with Gasteiger partial charge >= 0.3 is 0 Å². The summed E-state index contributed by atoms with van der Waals surface area (Å²) in [7, 11) is 1.65. The van der Waals surface area contributed by atoms with Crippen LogP contribution in [0.25, 0.3) is 0 Å². The molecule has 0 aliphatic heterocycles. The van der Waals surface area contributed by atoms with Crippen LogP contribution in [0.4, 0.5) is 0 Å². The van der Waals surface area contributed by atoms with E-state index in [1.54, 1.807) is 7.11 Å². The number of halogens is 1. The number of allylic oxidation sites excluding steroid dienone is 2. The van der Waals surface area contributed by atoms with Gasteiger partial charge in [-0.1, -0.05) is 23.8 Å². The average Bonchev–Trinajstić information content (AvgIpc) is 2.87. The smallest absolute Gasteiger partial charge is 0.223 e. The van der Waals surface area contributed by atoms with Gasteiger partial charge in [0.2, 0.25) is 5.91 Å². The number of rotatable bonds is 5. The second-order valence-corrected chi connectivity index (χ2v) is 6.34. The van der Waals surface area contributed by atoms with Crippen molar-refractivity contribution in [1.82, 2.24) is 5.32 Å². The van der Waals surface area contributed by atoms with Gasteiger partial charge in [0.05, 0.1) is 4.34 Å². The number of ether oxygens (including phenoxy) is 1. The number of hydrogen-bond acceptors (Lipinski definition) is 3. The zero-order valence-electron chi connectivity index (χ0n) is 10.9. The van der Waals surface area contributed by atoms with Gasteiger partial charge in [0, 0.05) is 24.4 Å². The molecule has 1 aromatic heterocycles. The van der Waals surface area contributed by atoms with E-state index in [0.29, 0.717) is 6.54 Å². The summed E-state index contributed by atoms with van der Waals surface area (Å²) in [5.74, 6) is 0.225. The largest absolute Gasteiger partial charge is 0.374 e. The lowest BCUT2D eigenvalue weighted by molar-refractivity contribution is -0.125. The molecule has 1 heterocycles. The highest BCUT2D eigenvalue weighted by molar-refractivity contribution is 7.16. The lowest BCUT2D eigenvalue weighted by Gasteiger charge is -2.20. The first-order valence-electron chi connectivity index (χ1n) is 6.41. The third-order valence-electron chi connectivity index (χ3n) is 3.30. The van der Waals surface area contributed by atoms with Crippen molar-refractivity contribution in [1.29, 1.82) is 0 Å². The van der Waals surface area contributed by atoms with Gasteiger partial charge in [-0.05, 0) is 31.4 Å². The number of nitrogens with one attached hydrogen (secondary N) is 1. The number of hydrogen-bond donors (Lipinski definition) is 1. The van der Waals surface area contributed by atoms with E-state index in [9.17, 15) is 4.79 Å². The van der Waals surface area contributed by atoms with Crippen molar-refractivity contribution < 1.29 is 9.53 Å². The van der Waals surface area contributed by atoms with Crippen molar-refractivity contribution in [2.75, 3.05) is 13.7 Å². The van der Waals surface area contributed by atoms with Crippen molar-refractivity contribution >= 4 is 28.8 Å². The van der Waals surface area contributed by atoms with Crippen LogP contribution in [0, 0.1) is 5.92 Å². The number of carbonyl (C=O) groups is 1. The maximum absolute atomic E-state index is 12.0. The van der Waals surface area contributed by atoms with Gasteiger partial charge in [-0.2, -0.15) is 0 Å². The van der Waals surface area contributed by atoms with E-state index in [2.05, 4.69) is 17.5 Å². The molecule has 0 fully saturated rings. The molecule has 1 aromatic rings. The van der Waals surface area contributed by atoms with Gasteiger partial charge in [-0.25, -0.2) is 0 Å². The Bertz CT molecular complexity index is 458.